The molecule has 1 aromatic heterocycles. The zero-order valence-corrected chi connectivity index (χ0v) is 23.2. The summed E-state index contributed by atoms with van der Waals surface area (Å²) in [4.78, 5) is 38.8. The lowest BCUT2D eigenvalue weighted by molar-refractivity contribution is -0.134. The highest BCUT2D eigenvalue weighted by molar-refractivity contribution is 7.84. The molecular formula is C28H31FN4O7S. The summed E-state index contributed by atoms with van der Waals surface area (Å²) in [6, 6.07) is 13.6. The second-order valence-corrected chi connectivity index (χ2v) is 10.7. The molecule has 2 heterocycles. The molecule has 1 atom stereocenters. The number of amides is 1. The molecule has 41 heavy (non-hydrogen) atoms. The largest absolute Gasteiger partial charge is 0.478 e. The highest BCUT2D eigenvalue weighted by atomic mass is 32.2. The van der Waals surface area contributed by atoms with Gasteiger partial charge in [0.25, 0.3) is 17.6 Å². The van der Waals surface area contributed by atoms with Gasteiger partial charge in [0.1, 0.15) is 5.82 Å². The summed E-state index contributed by atoms with van der Waals surface area (Å²) in [5.74, 6) is -2.27. The van der Waals surface area contributed by atoms with E-state index < -0.39 is 22.7 Å². The first-order valence-corrected chi connectivity index (χ1v) is 14.3. The summed E-state index contributed by atoms with van der Waals surface area (Å²) in [5, 5.41) is 22.3. The van der Waals surface area contributed by atoms with Crippen molar-refractivity contribution in [1.82, 2.24) is 20.4 Å². The Morgan fingerprint density at radius 3 is 2.22 bits per heavy atom. The number of carbonyl (C=O) groups is 3. The van der Waals surface area contributed by atoms with Crippen molar-refractivity contribution in [2.45, 2.75) is 30.7 Å². The molecule has 0 saturated carbocycles. The Kier molecular flexibility index (Phi) is 11.9. The van der Waals surface area contributed by atoms with Gasteiger partial charge >= 0.3 is 11.9 Å². The van der Waals surface area contributed by atoms with E-state index in [4.69, 9.17) is 14.7 Å². The lowest BCUT2D eigenvalue weighted by Gasteiger charge is -2.32. The molecule has 0 bridgehead atoms. The maximum Gasteiger partial charge on any atom is 0.328 e. The summed E-state index contributed by atoms with van der Waals surface area (Å²) >= 11 is 0. The minimum atomic E-state index is -1.26. The highest BCUT2D eigenvalue weighted by Crippen LogP contribution is 2.22. The molecule has 13 heteroatoms. The van der Waals surface area contributed by atoms with E-state index >= 15 is 0 Å². The van der Waals surface area contributed by atoms with Gasteiger partial charge in [-0.3, -0.25) is 13.9 Å². The van der Waals surface area contributed by atoms with E-state index in [1.165, 1.54) is 12.1 Å². The third kappa shape index (κ3) is 10.7. The van der Waals surface area contributed by atoms with Crippen LogP contribution in [0.25, 0.3) is 11.5 Å². The molecule has 0 spiro atoms. The lowest BCUT2D eigenvalue weighted by atomic mass is 9.93. The molecule has 3 N–H and O–H groups in total. The van der Waals surface area contributed by atoms with Gasteiger partial charge in [0.05, 0.1) is 0 Å². The average Bonchev–Trinajstić information content (AvgIpc) is 3.45. The number of benzene rings is 2. The van der Waals surface area contributed by atoms with Crippen LogP contribution in [-0.4, -0.2) is 73.2 Å². The van der Waals surface area contributed by atoms with Gasteiger partial charge in [0, 0.05) is 52.8 Å². The molecule has 218 valence electrons. The third-order valence-corrected chi connectivity index (χ3v) is 7.23. The number of aromatic nitrogens is 2. The number of carbonyl (C=O) groups excluding carboxylic acids is 1. The van der Waals surface area contributed by atoms with Gasteiger partial charge in [0.2, 0.25) is 0 Å². The van der Waals surface area contributed by atoms with Crippen molar-refractivity contribution in [1.29, 1.82) is 0 Å². The number of piperidine rings is 1. The Balaban J connectivity index is 0.000000507. The van der Waals surface area contributed by atoms with Crippen molar-refractivity contribution >= 4 is 28.6 Å². The Hall–Kier alpha value is -4.23. The highest BCUT2D eigenvalue weighted by Gasteiger charge is 2.20. The topological polar surface area (TPSA) is 163 Å². The molecule has 11 nitrogen and oxygen atoms in total. The van der Waals surface area contributed by atoms with Crippen LogP contribution in [0.15, 0.2) is 70.1 Å². The summed E-state index contributed by atoms with van der Waals surface area (Å²) in [5.41, 5.74) is 1.79. The molecule has 4 rings (SSSR count). The van der Waals surface area contributed by atoms with E-state index in [2.05, 4.69) is 20.4 Å². The fourth-order valence-corrected chi connectivity index (χ4v) is 4.63. The summed E-state index contributed by atoms with van der Waals surface area (Å²) < 4.78 is 29.8. The number of aliphatic carboxylic acids is 2. The molecule has 1 fully saturated rings. The van der Waals surface area contributed by atoms with Crippen LogP contribution < -0.4 is 5.32 Å². The normalized spacial score (nSPS) is 14.7. The summed E-state index contributed by atoms with van der Waals surface area (Å²) in [6.45, 7) is 3.38. The van der Waals surface area contributed by atoms with E-state index in [0.29, 0.717) is 35.1 Å². The van der Waals surface area contributed by atoms with Crippen LogP contribution in [-0.2, 0) is 26.9 Å². The number of likely N-dealkylation sites (tertiary alicyclic amines) is 1. The van der Waals surface area contributed by atoms with Crippen LogP contribution in [0.2, 0.25) is 0 Å². The molecule has 3 aromatic rings. The molecule has 1 aliphatic rings. The van der Waals surface area contributed by atoms with Gasteiger partial charge in [0.15, 0.2) is 0 Å². The Morgan fingerprint density at radius 1 is 1.05 bits per heavy atom. The summed E-state index contributed by atoms with van der Waals surface area (Å²) in [7, 11) is -1.06. The lowest BCUT2D eigenvalue weighted by Crippen LogP contribution is -2.35. The van der Waals surface area contributed by atoms with Crippen molar-refractivity contribution in [3.05, 3.63) is 77.9 Å². The number of hydrogen-bond donors (Lipinski definition) is 3. The van der Waals surface area contributed by atoms with Crippen molar-refractivity contribution in [3.8, 4) is 11.5 Å². The average molecular weight is 587 g/mol. The van der Waals surface area contributed by atoms with E-state index in [9.17, 15) is 23.0 Å². The maximum atomic E-state index is 13.1. The van der Waals surface area contributed by atoms with E-state index in [0.717, 1.165) is 44.5 Å². The van der Waals surface area contributed by atoms with E-state index in [-0.39, 0.29) is 23.4 Å². The minimum Gasteiger partial charge on any atom is -0.478 e. The van der Waals surface area contributed by atoms with Crippen molar-refractivity contribution in [2.75, 3.05) is 25.9 Å². The zero-order valence-electron chi connectivity index (χ0n) is 22.4. The van der Waals surface area contributed by atoms with Crippen molar-refractivity contribution in [3.63, 3.8) is 0 Å². The predicted molar refractivity (Wildman–Crippen MR) is 148 cm³/mol. The molecule has 1 saturated heterocycles. The first kappa shape index (κ1) is 31.3. The van der Waals surface area contributed by atoms with Crippen LogP contribution in [0, 0.1) is 11.7 Å². The Morgan fingerprint density at radius 2 is 1.66 bits per heavy atom. The molecule has 1 unspecified atom stereocenters. The van der Waals surface area contributed by atoms with Crippen molar-refractivity contribution in [2.24, 2.45) is 5.92 Å². The second-order valence-electron chi connectivity index (χ2n) is 9.30. The quantitative estimate of drug-likeness (QED) is 0.300. The molecule has 0 aliphatic carbocycles. The molecule has 2 aromatic carbocycles. The third-order valence-electron chi connectivity index (χ3n) is 6.30. The fraction of sp³-hybridized carbons (Fsp3) is 0.321. The molecule has 1 aliphatic heterocycles. The maximum absolute atomic E-state index is 13.1. The number of halogens is 1. The number of nitrogens with one attached hydrogen (secondary N) is 1. The monoisotopic (exact) mass is 586 g/mol. The number of nitrogens with zero attached hydrogens (tertiary/aromatic N) is 3. The first-order valence-electron chi connectivity index (χ1n) is 12.8. The number of hydrogen-bond acceptors (Lipinski definition) is 8. The number of carboxylic acids is 2. The predicted octanol–water partition coefficient (Wildman–Crippen LogP) is 3.36. The SMILES string of the molecule is CS(=O)c1ccc(-c2nc(C(=O)NCCC3CCN(Cc4ccc(F)cc4)CC3)no2)cc1.O=C(O)/C=C/C(=O)O. The second kappa shape index (κ2) is 15.5. The van der Waals surface area contributed by atoms with Crippen LogP contribution in [0.3, 0.4) is 0 Å². The smallest absolute Gasteiger partial charge is 0.328 e. The van der Waals surface area contributed by atoms with Crippen LogP contribution in [0.5, 0.6) is 0 Å². The van der Waals surface area contributed by atoms with E-state index in [1.54, 1.807) is 30.5 Å². The molecule has 1 amide bonds. The van der Waals surface area contributed by atoms with Gasteiger partial charge < -0.3 is 20.1 Å². The minimum absolute atomic E-state index is 0.00209. The van der Waals surface area contributed by atoms with Gasteiger partial charge in [-0.25, -0.2) is 14.0 Å². The first-order chi connectivity index (χ1) is 19.6. The van der Waals surface area contributed by atoms with E-state index in [1.807, 2.05) is 12.1 Å². The van der Waals surface area contributed by atoms with Crippen LogP contribution in [0.4, 0.5) is 4.39 Å². The number of rotatable bonds is 10. The van der Waals surface area contributed by atoms with Gasteiger partial charge in [-0.2, -0.15) is 4.98 Å². The van der Waals surface area contributed by atoms with Gasteiger partial charge in [-0.05, 0) is 80.2 Å². The number of carboxylic acid groups (broad SMARTS) is 2. The van der Waals surface area contributed by atoms with Crippen molar-refractivity contribution < 1.29 is 37.7 Å². The van der Waals surface area contributed by atoms with Crippen LogP contribution in [0.1, 0.15) is 35.4 Å². The van der Waals surface area contributed by atoms with Gasteiger partial charge in [-0.15, -0.1) is 0 Å². The zero-order chi connectivity index (χ0) is 29.8. The molecular weight excluding hydrogens is 555 g/mol. The van der Waals surface area contributed by atoms with Gasteiger partial charge in [-0.1, -0.05) is 17.3 Å². The Labute approximate surface area is 238 Å². The standard InChI is InChI=1S/C24H27FN4O3S.C4H4O4/c1-33(31)21-8-4-19(5-9-21)24-27-22(28-32-24)23(30)26-13-10-17-11-14-29(15-12-17)16-18-2-6-20(25)7-3-18;5-3(6)1-2-4(7)8/h2-9,17H,10-16H2,1H3,(H,26,30);1-2H,(H,5,6)(H,7,8)/b;2-1+. The molecule has 0 radical (unpaired) electrons. The van der Waals surface area contributed by atoms with Crippen LogP contribution >= 0.6 is 0 Å². The fourth-order valence-electron chi connectivity index (χ4n) is 4.11. The Bertz CT molecular complexity index is 1350. The summed E-state index contributed by atoms with van der Waals surface area (Å²) in [6.07, 6.45) is 5.77.